The molecule has 3 heteroatoms. The molecule has 1 aromatic carbocycles. The van der Waals surface area contributed by atoms with Crippen molar-refractivity contribution < 1.29 is 4.74 Å². The second-order valence-electron chi connectivity index (χ2n) is 4.01. The highest BCUT2D eigenvalue weighted by Gasteiger charge is 2.13. The van der Waals surface area contributed by atoms with Crippen molar-refractivity contribution in [2.45, 2.75) is 19.4 Å². The lowest BCUT2D eigenvalue weighted by Crippen LogP contribution is -2.42. The summed E-state index contributed by atoms with van der Waals surface area (Å²) in [5.74, 6) is 0. The normalized spacial score (nSPS) is 21.6. The Morgan fingerprint density at radius 2 is 2.40 bits per heavy atom. The van der Waals surface area contributed by atoms with Gasteiger partial charge < -0.3 is 10.1 Å². The van der Waals surface area contributed by atoms with Gasteiger partial charge in [-0.2, -0.15) is 0 Å². The minimum atomic E-state index is 0.472. The molecule has 0 amide bonds. The molecule has 1 aliphatic heterocycles. The number of rotatable bonds is 2. The van der Waals surface area contributed by atoms with Crippen molar-refractivity contribution in [2.24, 2.45) is 0 Å². The summed E-state index contributed by atoms with van der Waals surface area (Å²) >= 11 is 3.51. The quantitative estimate of drug-likeness (QED) is 0.890. The van der Waals surface area contributed by atoms with E-state index in [1.165, 1.54) is 15.6 Å². The summed E-state index contributed by atoms with van der Waals surface area (Å²) in [4.78, 5) is 0. The molecule has 0 aromatic heterocycles. The molecule has 15 heavy (non-hydrogen) atoms. The summed E-state index contributed by atoms with van der Waals surface area (Å²) in [6, 6.07) is 7.00. The van der Waals surface area contributed by atoms with E-state index in [0.29, 0.717) is 6.04 Å². The van der Waals surface area contributed by atoms with E-state index in [1.807, 2.05) is 0 Å². The molecule has 1 atom stereocenters. The highest BCUT2D eigenvalue weighted by molar-refractivity contribution is 9.10. The van der Waals surface area contributed by atoms with E-state index in [4.69, 9.17) is 4.74 Å². The van der Waals surface area contributed by atoms with Crippen molar-refractivity contribution >= 4 is 15.9 Å². The summed E-state index contributed by atoms with van der Waals surface area (Å²) < 4.78 is 6.62. The van der Waals surface area contributed by atoms with Crippen LogP contribution in [0.2, 0.25) is 0 Å². The second-order valence-corrected chi connectivity index (χ2v) is 4.87. The Bertz CT molecular complexity index is 334. The fourth-order valence-electron chi connectivity index (χ4n) is 1.87. The smallest absolute Gasteiger partial charge is 0.0623 e. The van der Waals surface area contributed by atoms with E-state index in [0.717, 1.165) is 26.2 Å². The van der Waals surface area contributed by atoms with Crippen molar-refractivity contribution in [2.75, 3.05) is 19.8 Å². The van der Waals surface area contributed by atoms with Gasteiger partial charge in [0.05, 0.1) is 13.2 Å². The van der Waals surface area contributed by atoms with E-state index in [1.54, 1.807) is 0 Å². The highest BCUT2D eigenvalue weighted by Crippen LogP contribution is 2.18. The molecule has 1 saturated heterocycles. The molecule has 1 heterocycles. The molecule has 0 aliphatic carbocycles. The van der Waals surface area contributed by atoms with Crippen molar-refractivity contribution in [3.8, 4) is 0 Å². The Morgan fingerprint density at radius 1 is 1.53 bits per heavy atom. The zero-order chi connectivity index (χ0) is 10.7. The van der Waals surface area contributed by atoms with E-state index < -0.39 is 0 Å². The first-order valence-electron chi connectivity index (χ1n) is 5.32. The van der Waals surface area contributed by atoms with Crippen LogP contribution >= 0.6 is 15.9 Å². The van der Waals surface area contributed by atoms with Gasteiger partial charge in [-0.25, -0.2) is 0 Å². The van der Waals surface area contributed by atoms with E-state index in [-0.39, 0.29) is 0 Å². The summed E-state index contributed by atoms with van der Waals surface area (Å²) in [7, 11) is 0. The summed E-state index contributed by atoms with van der Waals surface area (Å²) in [5.41, 5.74) is 2.67. The minimum Gasteiger partial charge on any atom is -0.379 e. The molecule has 82 valence electrons. The van der Waals surface area contributed by atoms with Crippen molar-refractivity contribution in [1.82, 2.24) is 5.32 Å². The van der Waals surface area contributed by atoms with Crippen LogP contribution in [0.4, 0.5) is 0 Å². The molecule has 2 rings (SSSR count). The van der Waals surface area contributed by atoms with Gasteiger partial charge in [0, 0.05) is 17.1 Å². The van der Waals surface area contributed by atoms with Crippen LogP contribution in [0.3, 0.4) is 0 Å². The molecule has 1 aliphatic rings. The van der Waals surface area contributed by atoms with Crippen molar-refractivity contribution in [3.63, 3.8) is 0 Å². The Balaban J connectivity index is 2.00. The third-order valence-corrected chi connectivity index (χ3v) is 3.59. The molecule has 1 unspecified atom stereocenters. The summed E-state index contributed by atoms with van der Waals surface area (Å²) in [6.07, 6.45) is 1.05. The van der Waals surface area contributed by atoms with Crippen LogP contribution in [-0.2, 0) is 11.2 Å². The van der Waals surface area contributed by atoms with E-state index in [9.17, 15) is 0 Å². The third-order valence-electron chi connectivity index (χ3n) is 2.70. The maximum absolute atomic E-state index is 5.44. The minimum absolute atomic E-state index is 0.472. The monoisotopic (exact) mass is 269 g/mol. The van der Waals surface area contributed by atoms with Crippen LogP contribution in [0.25, 0.3) is 0 Å². The lowest BCUT2D eigenvalue weighted by atomic mass is 10.0. The fraction of sp³-hybridized carbons (Fsp3) is 0.500. The number of hydrogen-bond acceptors (Lipinski definition) is 2. The van der Waals surface area contributed by atoms with Crippen molar-refractivity contribution in [3.05, 3.63) is 33.8 Å². The molecular weight excluding hydrogens is 254 g/mol. The zero-order valence-corrected chi connectivity index (χ0v) is 10.5. The van der Waals surface area contributed by atoms with Crippen LogP contribution in [0.1, 0.15) is 11.1 Å². The number of ether oxygens (including phenoxy) is 1. The van der Waals surface area contributed by atoms with Gasteiger partial charge in [0.1, 0.15) is 0 Å². The number of benzene rings is 1. The van der Waals surface area contributed by atoms with Gasteiger partial charge in [-0.05, 0) is 30.5 Å². The van der Waals surface area contributed by atoms with Crippen LogP contribution < -0.4 is 5.32 Å². The first kappa shape index (κ1) is 11.1. The maximum Gasteiger partial charge on any atom is 0.0623 e. The first-order chi connectivity index (χ1) is 7.25. The molecule has 1 fully saturated rings. The fourth-order valence-corrected chi connectivity index (χ4v) is 2.12. The van der Waals surface area contributed by atoms with E-state index >= 15 is 0 Å². The van der Waals surface area contributed by atoms with Crippen LogP contribution in [0, 0.1) is 6.92 Å². The average molecular weight is 270 g/mol. The molecule has 2 nitrogen and oxygen atoms in total. The lowest BCUT2D eigenvalue weighted by molar-refractivity contribution is 0.0770. The van der Waals surface area contributed by atoms with Gasteiger partial charge in [-0.1, -0.05) is 28.1 Å². The topological polar surface area (TPSA) is 21.3 Å². The molecule has 0 bridgehead atoms. The van der Waals surface area contributed by atoms with Gasteiger partial charge in [0.25, 0.3) is 0 Å². The molecule has 1 N–H and O–H groups in total. The van der Waals surface area contributed by atoms with Gasteiger partial charge in [-0.3, -0.25) is 0 Å². The molecule has 0 radical (unpaired) electrons. The van der Waals surface area contributed by atoms with Gasteiger partial charge in [0.2, 0.25) is 0 Å². The lowest BCUT2D eigenvalue weighted by Gasteiger charge is -2.24. The van der Waals surface area contributed by atoms with Gasteiger partial charge in [0.15, 0.2) is 0 Å². The SMILES string of the molecule is Cc1cc(CC2COCCN2)ccc1Br. The second kappa shape index (κ2) is 5.10. The third kappa shape index (κ3) is 3.03. The van der Waals surface area contributed by atoms with Crippen molar-refractivity contribution in [1.29, 1.82) is 0 Å². The summed E-state index contributed by atoms with van der Waals surface area (Å²) in [5, 5.41) is 3.46. The first-order valence-corrected chi connectivity index (χ1v) is 6.11. The molecule has 0 saturated carbocycles. The van der Waals surface area contributed by atoms with Crippen LogP contribution in [-0.4, -0.2) is 25.8 Å². The number of nitrogens with one attached hydrogen (secondary N) is 1. The van der Waals surface area contributed by atoms with Crippen LogP contribution in [0.5, 0.6) is 0 Å². The Labute approximate surface area is 99.1 Å². The highest BCUT2D eigenvalue weighted by atomic mass is 79.9. The van der Waals surface area contributed by atoms with Gasteiger partial charge >= 0.3 is 0 Å². The Morgan fingerprint density at radius 3 is 3.07 bits per heavy atom. The molecule has 1 aromatic rings. The van der Waals surface area contributed by atoms with Crippen LogP contribution in [0.15, 0.2) is 22.7 Å². The van der Waals surface area contributed by atoms with E-state index in [2.05, 4.69) is 46.4 Å². The largest absolute Gasteiger partial charge is 0.379 e. The summed E-state index contributed by atoms with van der Waals surface area (Å²) in [6.45, 7) is 4.77. The standard InChI is InChI=1S/C12H16BrNO/c1-9-6-10(2-3-12(9)13)7-11-8-15-5-4-14-11/h2-3,6,11,14H,4-5,7-8H2,1H3. The number of hydrogen-bond donors (Lipinski definition) is 1. The zero-order valence-electron chi connectivity index (χ0n) is 8.92. The number of halogens is 1. The number of morpholine rings is 1. The maximum atomic E-state index is 5.44. The Kier molecular flexibility index (Phi) is 3.78. The Hall–Kier alpha value is -0.380. The average Bonchev–Trinajstić information content (AvgIpc) is 2.25. The van der Waals surface area contributed by atoms with Gasteiger partial charge in [-0.15, -0.1) is 0 Å². The molecular formula is C12H16BrNO. The predicted octanol–water partition coefficient (Wildman–Crippen LogP) is 2.29. The predicted molar refractivity (Wildman–Crippen MR) is 65.2 cm³/mol. The number of aryl methyl sites for hydroxylation is 1. The molecule has 0 spiro atoms.